The number of hydrogen-bond donors (Lipinski definition) is 2. The molecule has 0 saturated heterocycles. The third-order valence-corrected chi connectivity index (χ3v) is 3.29. The monoisotopic (exact) mass is 331 g/mol. The van der Waals surface area contributed by atoms with Gasteiger partial charge in [-0.15, -0.1) is 0 Å². The van der Waals surface area contributed by atoms with Crippen LogP contribution in [0.4, 0.5) is 5.69 Å². The van der Waals surface area contributed by atoms with Gasteiger partial charge in [-0.2, -0.15) is 0 Å². The highest BCUT2D eigenvalue weighted by Crippen LogP contribution is 2.18. The Bertz CT molecular complexity index is 541. The Morgan fingerprint density at radius 3 is 2.89 bits per heavy atom. The zero-order chi connectivity index (χ0) is 14.0. The van der Waals surface area contributed by atoms with Crippen LogP contribution in [0.25, 0.3) is 0 Å². The van der Waals surface area contributed by atoms with Gasteiger partial charge in [0.15, 0.2) is 0 Å². The van der Waals surface area contributed by atoms with E-state index in [1.807, 2.05) is 0 Å². The molecule has 1 saturated carbocycles. The van der Waals surface area contributed by atoms with Crippen LogP contribution in [0.5, 0.6) is 0 Å². The maximum Gasteiger partial charge on any atom is 0.335 e. The van der Waals surface area contributed by atoms with E-state index in [0.29, 0.717) is 17.1 Å². The van der Waals surface area contributed by atoms with E-state index in [-0.39, 0.29) is 6.54 Å². The van der Waals surface area contributed by atoms with Crippen LogP contribution in [-0.4, -0.2) is 33.3 Å². The van der Waals surface area contributed by atoms with Crippen molar-refractivity contribution in [2.75, 3.05) is 6.54 Å². The van der Waals surface area contributed by atoms with Gasteiger partial charge in [0.25, 0.3) is 0 Å². The molecule has 0 bridgehead atoms. The average Bonchev–Trinajstić information content (AvgIpc) is 3.14. The van der Waals surface area contributed by atoms with Crippen LogP contribution in [0.1, 0.15) is 12.8 Å². The number of pyridine rings is 1. The van der Waals surface area contributed by atoms with Gasteiger partial charge < -0.3 is 15.0 Å². The summed E-state index contributed by atoms with van der Waals surface area (Å²) in [7, 11) is 0. The molecule has 0 aliphatic heterocycles. The van der Waals surface area contributed by atoms with E-state index in [0.717, 1.165) is 23.5 Å². The molecule has 104 valence electrons. The van der Waals surface area contributed by atoms with Gasteiger partial charge in [-0.25, -0.2) is 0 Å². The number of rotatable bonds is 6. The molecule has 0 aromatic carbocycles. The molecule has 0 amide bonds. The first-order valence-corrected chi connectivity index (χ1v) is 6.72. The van der Waals surface area contributed by atoms with Crippen LogP contribution in [0.3, 0.4) is 0 Å². The van der Waals surface area contributed by atoms with Gasteiger partial charge in [0.05, 0.1) is 17.6 Å². The molecule has 1 aliphatic carbocycles. The number of aliphatic hydroxyl groups is 1. The van der Waals surface area contributed by atoms with Crippen molar-refractivity contribution in [2.24, 2.45) is 0 Å². The highest BCUT2D eigenvalue weighted by atomic mass is 79.9. The Labute approximate surface area is 117 Å². The number of nitrogens with one attached hydrogen (secondary N) is 1. The van der Waals surface area contributed by atoms with Gasteiger partial charge >= 0.3 is 11.2 Å². The Balaban J connectivity index is 2.09. The zero-order valence-electron chi connectivity index (χ0n) is 10.1. The third-order valence-electron chi connectivity index (χ3n) is 2.86. The largest absolute Gasteiger partial charge is 0.390 e. The first kappa shape index (κ1) is 14.2. The number of halogens is 1. The van der Waals surface area contributed by atoms with Crippen molar-refractivity contribution < 1.29 is 10.0 Å². The summed E-state index contributed by atoms with van der Waals surface area (Å²) < 4.78 is 1.59. The number of nitro groups is 1. The molecule has 1 aliphatic rings. The molecule has 1 fully saturated rings. The fourth-order valence-corrected chi connectivity index (χ4v) is 2.20. The molecule has 2 N–H and O–H groups in total. The van der Waals surface area contributed by atoms with E-state index in [1.165, 1.54) is 6.20 Å². The van der Waals surface area contributed by atoms with Crippen LogP contribution in [-0.2, 0) is 6.54 Å². The van der Waals surface area contributed by atoms with Gasteiger partial charge in [0.1, 0.15) is 0 Å². The molecule has 1 heterocycles. The fourth-order valence-electron chi connectivity index (χ4n) is 1.73. The number of aliphatic hydroxyl groups excluding tert-OH is 1. The first-order valence-electron chi connectivity index (χ1n) is 5.93. The Hall–Kier alpha value is -1.25. The highest BCUT2D eigenvalue weighted by molar-refractivity contribution is 9.10. The van der Waals surface area contributed by atoms with Crippen LogP contribution in [0, 0.1) is 10.1 Å². The summed E-state index contributed by atoms with van der Waals surface area (Å²) in [5.74, 6) is 0. The summed E-state index contributed by atoms with van der Waals surface area (Å²) in [6.07, 6.45) is 2.90. The van der Waals surface area contributed by atoms with Crippen LogP contribution >= 0.6 is 15.9 Å². The van der Waals surface area contributed by atoms with E-state index >= 15 is 0 Å². The van der Waals surface area contributed by atoms with Crippen molar-refractivity contribution in [1.82, 2.24) is 9.88 Å². The minimum absolute atomic E-state index is 0.0266. The molecule has 1 aromatic heterocycles. The molecule has 1 unspecified atom stereocenters. The average molecular weight is 332 g/mol. The lowest BCUT2D eigenvalue weighted by Crippen LogP contribution is -2.35. The minimum Gasteiger partial charge on any atom is -0.390 e. The van der Waals surface area contributed by atoms with Crippen molar-refractivity contribution in [3.05, 3.63) is 37.2 Å². The lowest BCUT2D eigenvalue weighted by Gasteiger charge is -2.13. The first-order chi connectivity index (χ1) is 8.97. The van der Waals surface area contributed by atoms with Crippen LogP contribution in [0.2, 0.25) is 0 Å². The number of aromatic nitrogens is 1. The Kier molecular flexibility index (Phi) is 4.33. The van der Waals surface area contributed by atoms with E-state index in [2.05, 4.69) is 21.2 Å². The predicted molar refractivity (Wildman–Crippen MR) is 72.1 cm³/mol. The zero-order valence-corrected chi connectivity index (χ0v) is 11.7. The second-order valence-electron chi connectivity index (χ2n) is 4.59. The highest BCUT2D eigenvalue weighted by Gasteiger charge is 2.22. The smallest absolute Gasteiger partial charge is 0.335 e. The summed E-state index contributed by atoms with van der Waals surface area (Å²) in [6, 6.07) is 1.62. The maximum absolute atomic E-state index is 11.8. The van der Waals surface area contributed by atoms with Crippen LogP contribution in [0.15, 0.2) is 21.5 Å². The van der Waals surface area contributed by atoms with Crippen molar-refractivity contribution in [3.8, 4) is 0 Å². The summed E-state index contributed by atoms with van der Waals surface area (Å²) in [6.45, 7) is 0.399. The van der Waals surface area contributed by atoms with Crippen molar-refractivity contribution >= 4 is 21.6 Å². The van der Waals surface area contributed by atoms with Gasteiger partial charge in [0.2, 0.25) is 0 Å². The molecular formula is C11H14BrN3O4. The van der Waals surface area contributed by atoms with E-state index in [4.69, 9.17) is 0 Å². The standard InChI is InChI=1S/C11H14BrN3O4/c12-7-3-10(15(18)19)11(17)14(5-7)6-9(16)4-13-8-1-2-8/h3,5,8-9,13,16H,1-2,4,6H2. The molecule has 19 heavy (non-hydrogen) atoms. The molecular weight excluding hydrogens is 318 g/mol. The lowest BCUT2D eigenvalue weighted by molar-refractivity contribution is -0.386. The number of nitrogens with zero attached hydrogens (tertiary/aromatic N) is 2. The molecule has 0 spiro atoms. The topological polar surface area (TPSA) is 97.4 Å². The molecule has 8 heteroatoms. The molecule has 2 rings (SSSR count). The van der Waals surface area contributed by atoms with Crippen molar-refractivity contribution in [1.29, 1.82) is 0 Å². The molecule has 7 nitrogen and oxygen atoms in total. The fraction of sp³-hybridized carbons (Fsp3) is 0.545. The normalized spacial score (nSPS) is 16.3. The second kappa shape index (κ2) is 5.81. The SMILES string of the molecule is O=c1c([N+](=O)[O-])cc(Br)cn1CC(O)CNC1CC1. The number of hydrogen-bond acceptors (Lipinski definition) is 5. The second-order valence-corrected chi connectivity index (χ2v) is 5.51. The summed E-state index contributed by atoms with van der Waals surface area (Å²) in [5, 5.41) is 23.7. The third kappa shape index (κ3) is 3.85. The summed E-state index contributed by atoms with van der Waals surface area (Å²) >= 11 is 3.12. The van der Waals surface area contributed by atoms with Crippen molar-refractivity contribution in [3.63, 3.8) is 0 Å². The molecule has 0 radical (unpaired) electrons. The summed E-state index contributed by atoms with van der Waals surface area (Å²) in [5.41, 5.74) is -1.21. The van der Waals surface area contributed by atoms with E-state index < -0.39 is 22.3 Å². The van der Waals surface area contributed by atoms with Crippen LogP contribution < -0.4 is 10.9 Å². The van der Waals surface area contributed by atoms with Gasteiger partial charge in [-0.1, -0.05) is 0 Å². The van der Waals surface area contributed by atoms with Gasteiger partial charge in [-0.05, 0) is 28.8 Å². The molecule has 1 aromatic rings. The lowest BCUT2D eigenvalue weighted by atomic mass is 10.3. The Morgan fingerprint density at radius 1 is 1.63 bits per heavy atom. The summed E-state index contributed by atoms with van der Waals surface area (Å²) in [4.78, 5) is 21.8. The molecule has 1 atom stereocenters. The Morgan fingerprint density at radius 2 is 2.32 bits per heavy atom. The quantitative estimate of drug-likeness (QED) is 0.588. The van der Waals surface area contributed by atoms with E-state index in [9.17, 15) is 20.0 Å². The van der Waals surface area contributed by atoms with Gasteiger partial charge in [0, 0.05) is 29.3 Å². The minimum atomic E-state index is -0.757. The van der Waals surface area contributed by atoms with E-state index in [1.54, 1.807) is 0 Å². The van der Waals surface area contributed by atoms with Crippen molar-refractivity contribution in [2.45, 2.75) is 31.5 Å². The van der Waals surface area contributed by atoms with Gasteiger partial charge in [-0.3, -0.25) is 14.9 Å². The predicted octanol–water partition coefficient (Wildman–Crippen LogP) is 0.632. The maximum atomic E-state index is 11.8.